The van der Waals surface area contributed by atoms with E-state index >= 15 is 0 Å². The topological polar surface area (TPSA) is 49.8 Å². The van der Waals surface area contributed by atoms with Gasteiger partial charge in [0.25, 0.3) is 0 Å². The zero-order valence-electron chi connectivity index (χ0n) is 10.8. The average Bonchev–Trinajstić information content (AvgIpc) is 2.82. The van der Waals surface area contributed by atoms with E-state index in [2.05, 4.69) is 30.2 Å². The van der Waals surface area contributed by atoms with E-state index in [0.717, 1.165) is 18.7 Å². The molecule has 0 fully saturated rings. The maximum Gasteiger partial charge on any atom is 0.330 e. The fraction of sp³-hybridized carbons (Fsp3) is 0.357. The first-order valence-corrected chi connectivity index (χ1v) is 6.32. The van der Waals surface area contributed by atoms with Crippen molar-refractivity contribution in [3.63, 3.8) is 0 Å². The van der Waals surface area contributed by atoms with Crippen LogP contribution in [-0.4, -0.2) is 16.1 Å². The molecule has 0 aliphatic rings. The molecule has 0 aliphatic heterocycles. The minimum atomic E-state index is -0.110. The second kappa shape index (κ2) is 5.69. The molecule has 0 spiro atoms. The zero-order valence-corrected chi connectivity index (χ0v) is 10.8. The first-order chi connectivity index (χ1) is 8.72. The average molecular weight is 245 g/mol. The van der Waals surface area contributed by atoms with Crippen LogP contribution in [0, 0.1) is 0 Å². The van der Waals surface area contributed by atoms with Gasteiger partial charge in [0, 0.05) is 18.4 Å². The Morgan fingerprint density at radius 2 is 2.28 bits per heavy atom. The van der Waals surface area contributed by atoms with E-state index in [0.29, 0.717) is 6.04 Å². The lowest BCUT2D eigenvalue weighted by atomic mass is 10.1. The fourth-order valence-electron chi connectivity index (χ4n) is 1.95. The van der Waals surface area contributed by atoms with Crippen LogP contribution in [0.15, 0.2) is 41.5 Å². The first-order valence-electron chi connectivity index (χ1n) is 6.32. The summed E-state index contributed by atoms with van der Waals surface area (Å²) in [6.07, 6.45) is 4.50. The summed E-state index contributed by atoms with van der Waals surface area (Å²) in [5, 5.41) is 3.44. The summed E-state index contributed by atoms with van der Waals surface area (Å²) in [5.74, 6) is 0. The molecule has 4 nitrogen and oxygen atoms in total. The summed E-state index contributed by atoms with van der Waals surface area (Å²) in [6.45, 7) is 5.28. The summed E-state index contributed by atoms with van der Waals surface area (Å²) in [5.41, 5.74) is 1.97. The standard InChI is InChI=1S/C14H19N3O/c1-3-7-15-11(2)12-5-4-6-13(10-12)17-9-8-16-14(17)18/h4-6,8-11,15H,3,7H2,1-2H3,(H,16,18). The molecule has 1 atom stereocenters. The van der Waals surface area contributed by atoms with Crippen molar-refractivity contribution < 1.29 is 0 Å². The van der Waals surface area contributed by atoms with Crippen LogP contribution in [0.3, 0.4) is 0 Å². The van der Waals surface area contributed by atoms with Gasteiger partial charge in [-0.05, 0) is 37.6 Å². The molecular weight excluding hydrogens is 226 g/mol. The summed E-state index contributed by atoms with van der Waals surface area (Å²) >= 11 is 0. The quantitative estimate of drug-likeness (QED) is 0.848. The van der Waals surface area contributed by atoms with E-state index < -0.39 is 0 Å². The van der Waals surface area contributed by atoms with Gasteiger partial charge in [0.05, 0.1) is 5.69 Å². The van der Waals surface area contributed by atoms with Gasteiger partial charge in [0.2, 0.25) is 0 Å². The Balaban J connectivity index is 2.25. The van der Waals surface area contributed by atoms with E-state index in [1.54, 1.807) is 17.0 Å². The van der Waals surface area contributed by atoms with Crippen molar-refractivity contribution in [2.75, 3.05) is 6.54 Å². The van der Waals surface area contributed by atoms with Gasteiger partial charge in [-0.25, -0.2) is 4.79 Å². The van der Waals surface area contributed by atoms with Crippen molar-refractivity contribution in [2.24, 2.45) is 0 Å². The highest BCUT2D eigenvalue weighted by Crippen LogP contribution is 2.15. The second-order valence-corrected chi connectivity index (χ2v) is 4.41. The Morgan fingerprint density at radius 3 is 2.94 bits per heavy atom. The molecule has 1 heterocycles. The minimum absolute atomic E-state index is 0.110. The predicted octanol–water partition coefficient (Wildman–Crippen LogP) is 2.23. The SMILES string of the molecule is CCCNC(C)c1cccc(-n2cc[nH]c2=O)c1. The highest BCUT2D eigenvalue weighted by atomic mass is 16.1. The lowest BCUT2D eigenvalue weighted by Crippen LogP contribution is -2.20. The third-order valence-electron chi connectivity index (χ3n) is 3.00. The molecule has 1 aromatic carbocycles. The van der Waals surface area contributed by atoms with Gasteiger partial charge in [-0.1, -0.05) is 19.1 Å². The van der Waals surface area contributed by atoms with Gasteiger partial charge in [-0.3, -0.25) is 4.57 Å². The molecule has 1 unspecified atom stereocenters. The van der Waals surface area contributed by atoms with Crippen LogP contribution in [0.4, 0.5) is 0 Å². The molecule has 96 valence electrons. The molecule has 0 saturated carbocycles. The van der Waals surface area contributed by atoms with E-state index in [9.17, 15) is 4.79 Å². The van der Waals surface area contributed by atoms with Gasteiger partial charge >= 0.3 is 5.69 Å². The monoisotopic (exact) mass is 245 g/mol. The van der Waals surface area contributed by atoms with Crippen LogP contribution in [0.1, 0.15) is 31.9 Å². The smallest absolute Gasteiger partial charge is 0.312 e. The number of nitrogens with one attached hydrogen (secondary N) is 2. The van der Waals surface area contributed by atoms with E-state index in [1.165, 1.54) is 5.56 Å². The number of hydrogen-bond donors (Lipinski definition) is 2. The van der Waals surface area contributed by atoms with Crippen molar-refractivity contribution in [3.8, 4) is 5.69 Å². The Morgan fingerprint density at radius 1 is 1.44 bits per heavy atom. The number of aromatic nitrogens is 2. The molecule has 0 radical (unpaired) electrons. The first kappa shape index (κ1) is 12.6. The van der Waals surface area contributed by atoms with Crippen LogP contribution in [0.5, 0.6) is 0 Å². The van der Waals surface area contributed by atoms with E-state index in [4.69, 9.17) is 0 Å². The molecule has 4 heteroatoms. The summed E-state index contributed by atoms with van der Waals surface area (Å²) in [7, 11) is 0. The molecule has 0 bridgehead atoms. The highest BCUT2D eigenvalue weighted by Gasteiger charge is 2.06. The Kier molecular flexibility index (Phi) is 3.99. The third-order valence-corrected chi connectivity index (χ3v) is 3.00. The van der Waals surface area contributed by atoms with Crippen LogP contribution in [0.25, 0.3) is 5.69 Å². The number of aromatic amines is 1. The van der Waals surface area contributed by atoms with Crippen molar-refractivity contribution in [2.45, 2.75) is 26.3 Å². The maximum absolute atomic E-state index is 11.6. The molecule has 2 rings (SSSR count). The number of hydrogen-bond acceptors (Lipinski definition) is 2. The number of imidazole rings is 1. The van der Waals surface area contributed by atoms with Crippen molar-refractivity contribution in [1.82, 2.24) is 14.9 Å². The second-order valence-electron chi connectivity index (χ2n) is 4.41. The van der Waals surface area contributed by atoms with Crippen LogP contribution in [0.2, 0.25) is 0 Å². The Hall–Kier alpha value is -1.81. The summed E-state index contributed by atoms with van der Waals surface area (Å²) < 4.78 is 1.61. The van der Waals surface area contributed by atoms with Crippen molar-refractivity contribution >= 4 is 0 Å². The van der Waals surface area contributed by atoms with Crippen LogP contribution in [-0.2, 0) is 0 Å². The van der Waals surface area contributed by atoms with Crippen LogP contribution >= 0.6 is 0 Å². The molecule has 0 amide bonds. The summed E-state index contributed by atoms with van der Waals surface area (Å²) in [6, 6.07) is 8.33. The lowest BCUT2D eigenvalue weighted by molar-refractivity contribution is 0.570. The number of nitrogens with zero attached hydrogens (tertiary/aromatic N) is 1. The minimum Gasteiger partial charge on any atom is -0.312 e. The third kappa shape index (κ3) is 2.71. The maximum atomic E-state index is 11.6. The molecule has 18 heavy (non-hydrogen) atoms. The fourth-order valence-corrected chi connectivity index (χ4v) is 1.95. The number of benzene rings is 1. The van der Waals surface area contributed by atoms with E-state index in [-0.39, 0.29) is 5.69 Å². The predicted molar refractivity (Wildman–Crippen MR) is 73.1 cm³/mol. The van der Waals surface area contributed by atoms with Gasteiger partial charge in [-0.2, -0.15) is 0 Å². The Bertz CT molecular complexity index is 556. The van der Waals surface area contributed by atoms with Gasteiger partial charge in [0.1, 0.15) is 0 Å². The van der Waals surface area contributed by atoms with Gasteiger partial charge in [-0.15, -0.1) is 0 Å². The molecular formula is C14H19N3O. The summed E-state index contributed by atoms with van der Waals surface area (Å²) in [4.78, 5) is 14.2. The molecule has 2 aromatic rings. The number of rotatable bonds is 5. The Labute approximate surface area is 107 Å². The molecule has 0 saturated heterocycles. The molecule has 2 N–H and O–H groups in total. The van der Waals surface area contributed by atoms with E-state index in [1.807, 2.05) is 18.2 Å². The number of H-pyrrole nitrogens is 1. The van der Waals surface area contributed by atoms with Gasteiger partial charge < -0.3 is 10.3 Å². The zero-order chi connectivity index (χ0) is 13.0. The molecule has 1 aromatic heterocycles. The van der Waals surface area contributed by atoms with Crippen molar-refractivity contribution in [1.29, 1.82) is 0 Å². The van der Waals surface area contributed by atoms with Gasteiger partial charge in [0.15, 0.2) is 0 Å². The highest BCUT2D eigenvalue weighted by molar-refractivity contribution is 5.37. The van der Waals surface area contributed by atoms with Crippen molar-refractivity contribution in [3.05, 3.63) is 52.7 Å². The lowest BCUT2D eigenvalue weighted by Gasteiger charge is -2.14. The largest absolute Gasteiger partial charge is 0.330 e. The normalized spacial score (nSPS) is 12.6. The molecule has 0 aliphatic carbocycles. The van der Waals surface area contributed by atoms with Crippen LogP contribution < -0.4 is 11.0 Å².